The van der Waals surface area contributed by atoms with E-state index in [1.807, 2.05) is 0 Å². The Bertz CT molecular complexity index is 740. The SMILES string of the molecule is COC(=O)[C@]1(C)CC[C@H]1C[Si](c1ccccc1)(c1ccccc1)C(C)(C)C. The van der Waals surface area contributed by atoms with E-state index in [4.69, 9.17) is 4.74 Å². The highest BCUT2D eigenvalue weighted by molar-refractivity contribution is 7.04. The molecular formula is C24H32O2Si. The third-order valence-electron chi connectivity index (χ3n) is 6.93. The van der Waals surface area contributed by atoms with Crippen LogP contribution in [0.4, 0.5) is 0 Å². The molecule has 2 aromatic rings. The van der Waals surface area contributed by atoms with Gasteiger partial charge in [-0.05, 0) is 36.8 Å². The van der Waals surface area contributed by atoms with Crippen molar-refractivity contribution in [1.29, 1.82) is 0 Å². The highest BCUT2D eigenvalue weighted by Crippen LogP contribution is 2.53. The summed E-state index contributed by atoms with van der Waals surface area (Å²) in [5.74, 6) is 0.327. The molecule has 27 heavy (non-hydrogen) atoms. The minimum Gasteiger partial charge on any atom is -0.469 e. The molecule has 0 heterocycles. The van der Waals surface area contributed by atoms with Crippen molar-refractivity contribution in [1.82, 2.24) is 0 Å². The van der Waals surface area contributed by atoms with Gasteiger partial charge < -0.3 is 4.74 Å². The molecule has 0 saturated heterocycles. The van der Waals surface area contributed by atoms with Crippen LogP contribution in [0.1, 0.15) is 40.5 Å². The molecule has 0 bridgehead atoms. The van der Waals surface area contributed by atoms with Crippen molar-refractivity contribution in [3.63, 3.8) is 0 Å². The number of carbonyl (C=O) groups excluding carboxylic acids is 1. The average Bonchev–Trinajstić information content (AvgIpc) is 2.67. The van der Waals surface area contributed by atoms with E-state index in [9.17, 15) is 4.79 Å². The quantitative estimate of drug-likeness (QED) is 0.558. The van der Waals surface area contributed by atoms with E-state index in [0.717, 1.165) is 18.9 Å². The number of ether oxygens (including phenoxy) is 1. The topological polar surface area (TPSA) is 26.3 Å². The van der Waals surface area contributed by atoms with Crippen LogP contribution < -0.4 is 10.4 Å². The molecule has 2 atom stereocenters. The summed E-state index contributed by atoms with van der Waals surface area (Å²) in [6.45, 7) is 9.25. The molecule has 1 aliphatic carbocycles. The van der Waals surface area contributed by atoms with Gasteiger partial charge in [-0.15, -0.1) is 0 Å². The highest BCUT2D eigenvalue weighted by Gasteiger charge is 2.56. The highest BCUT2D eigenvalue weighted by atomic mass is 28.3. The van der Waals surface area contributed by atoms with Crippen LogP contribution in [0.25, 0.3) is 0 Å². The summed E-state index contributed by atoms with van der Waals surface area (Å²) < 4.78 is 5.18. The summed E-state index contributed by atoms with van der Waals surface area (Å²) >= 11 is 0. The lowest BCUT2D eigenvalue weighted by Crippen LogP contribution is -2.66. The number of hydrogen-bond donors (Lipinski definition) is 0. The molecule has 144 valence electrons. The van der Waals surface area contributed by atoms with Crippen LogP contribution >= 0.6 is 0 Å². The molecule has 0 aromatic heterocycles. The second kappa shape index (κ2) is 7.27. The molecule has 1 fully saturated rings. The lowest BCUT2D eigenvalue weighted by atomic mass is 9.62. The van der Waals surface area contributed by atoms with E-state index in [-0.39, 0.29) is 16.4 Å². The van der Waals surface area contributed by atoms with Gasteiger partial charge in [0.25, 0.3) is 0 Å². The fraction of sp³-hybridized carbons (Fsp3) is 0.458. The minimum absolute atomic E-state index is 0.0447. The summed E-state index contributed by atoms with van der Waals surface area (Å²) in [7, 11) is -0.618. The number of rotatable bonds is 5. The van der Waals surface area contributed by atoms with Crippen molar-refractivity contribution in [3.05, 3.63) is 60.7 Å². The van der Waals surface area contributed by atoms with Gasteiger partial charge in [-0.2, -0.15) is 0 Å². The second-order valence-corrected chi connectivity index (χ2v) is 14.1. The molecule has 0 radical (unpaired) electrons. The Morgan fingerprint density at radius 3 is 1.85 bits per heavy atom. The molecule has 2 aromatic carbocycles. The van der Waals surface area contributed by atoms with Crippen LogP contribution in [0.15, 0.2) is 60.7 Å². The van der Waals surface area contributed by atoms with Crippen LogP contribution in [-0.4, -0.2) is 21.2 Å². The smallest absolute Gasteiger partial charge is 0.311 e. The number of methoxy groups -OCH3 is 1. The lowest BCUT2D eigenvalue weighted by molar-refractivity contribution is -0.162. The molecular weight excluding hydrogens is 348 g/mol. The zero-order valence-corrected chi connectivity index (χ0v) is 18.3. The first-order chi connectivity index (χ1) is 12.8. The van der Waals surface area contributed by atoms with Gasteiger partial charge in [0.15, 0.2) is 0 Å². The van der Waals surface area contributed by atoms with E-state index >= 15 is 0 Å². The fourth-order valence-electron chi connectivity index (χ4n) is 5.00. The minimum atomic E-state index is -2.14. The molecule has 0 spiro atoms. The molecule has 1 aliphatic rings. The Kier molecular flexibility index (Phi) is 5.35. The van der Waals surface area contributed by atoms with Crippen molar-refractivity contribution >= 4 is 24.4 Å². The average molecular weight is 381 g/mol. The van der Waals surface area contributed by atoms with E-state index in [0.29, 0.717) is 5.92 Å². The monoisotopic (exact) mass is 380 g/mol. The van der Waals surface area contributed by atoms with Crippen molar-refractivity contribution in [2.24, 2.45) is 11.3 Å². The number of benzene rings is 2. The maximum absolute atomic E-state index is 12.5. The van der Waals surface area contributed by atoms with Gasteiger partial charge >= 0.3 is 5.97 Å². The third-order valence-corrected chi connectivity index (χ3v) is 13.2. The molecule has 3 rings (SSSR count). The van der Waals surface area contributed by atoms with Crippen molar-refractivity contribution in [2.75, 3.05) is 7.11 Å². The summed E-state index contributed by atoms with van der Waals surface area (Å²) in [4.78, 5) is 12.5. The zero-order valence-electron chi connectivity index (χ0n) is 17.3. The molecule has 0 amide bonds. The Morgan fingerprint density at radius 1 is 1.04 bits per heavy atom. The fourth-order valence-corrected chi connectivity index (χ4v) is 11.1. The van der Waals surface area contributed by atoms with Crippen LogP contribution in [0.2, 0.25) is 11.1 Å². The first-order valence-electron chi connectivity index (χ1n) is 9.95. The molecule has 2 nitrogen and oxygen atoms in total. The van der Waals surface area contributed by atoms with Gasteiger partial charge in [0.2, 0.25) is 0 Å². The van der Waals surface area contributed by atoms with E-state index < -0.39 is 8.07 Å². The molecule has 0 unspecified atom stereocenters. The zero-order chi connectivity index (χ0) is 19.7. The van der Waals surface area contributed by atoms with Crippen molar-refractivity contribution < 1.29 is 9.53 Å². The molecule has 1 saturated carbocycles. The first kappa shape index (κ1) is 19.9. The largest absolute Gasteiger partial charge is 0.469 e. The molecule has 0 N–H and O–H groups in total. The van der Waals surface area contributed by atoms with Gasteiger partial charge in [0, 0.05) is 0 Å². The van der Waals surface area contributed by atoms with Crippen LogP contribution in [-0.2, 0) is 9.53 Å². The summed E-state index contributed by atoms with van der Waals surface area (Å²) in [6.07, 6.45) is 2.04. The maximum atomic E-state index is 12.5. The van der Waals surface area contributed by atoms with E-state index in [1.165, 1.54) is 17.5 Å². The van der Waals surface area contributed by atoms with Gasteiger partial charge in [0.05, 0.1) is 12.5 Å². The Morgan fingerprint density at radius 2 is 1.52 bits per heavy atom. The van der Waals surface area contributed by atoms with Crippen LogP contribution in [0.3, 0.4) is 0 Å². The van der Waals surface area contributed by atoms with Gasteiger partial charge in [-0.25, -0.2) is 0 Å². The number of esters is 1. The Balaban J connectivity index is 2.15. The second-order valence-electron chi connectivity index (χ2n) is 9.24. The summed E-state index contributed by atoms with van der Waals surface area (Å²) in [5.41, 5.74) is -0.345. The van der Waals surface area contributed by atoms with Gasteiger partial charge in [-0.3, -0.25) is 4.79 Å². The van der Waals surface area contributed by atoms with Crippen molar-refractivity contribution in [2.45, 2.75) is 51.6 Å². The predicted molar refractivity (Wildman–Crippen MR) is 115 cm³/mol. The summed E-state index contributed by atoms with van der Waals surface area (Å²) in [5, 5.41) is 3.05. The van der Waals surface area contributed by atoms with Crippen molar-refractivity contribution in [3.8, 4) is 0 Å². The normalized spacial score (nSPS) is 22.8. The Hall–Kier alpha value is -1.87. The summed E-state index contributed by atoms with van der Waals surface area (Å²) in [6, 6.07) is 23.1. The molecule has 3 heteroatoms. The Labute approximate surface area is 165 Å². The molecule has 0 aliphatic heterocycles. The van der Waals surface area contributed by atoms with E-state index in [2.05, 4.69) is 88.4 Å². The standard InChI is InChI=1S/C24H32O2Si/c1-23(2,3)27(20-12-8-6-9-13-20,21-14-10-7-11-15-21)18-19-16-17-24(19,4)22(25)26-5/h6-15,19H,16-18H2,1-5H3/t19-,24+/m0/s1. The first-order valence-corrected chi connectivity index (χ1v) is 12.2. The van der Waals surface area contributed by atoms with Crippen LogP contribution in [0, 0.1) is 11.3 Å². The lowest BCUT2D eigenvalue weighted by Gasteiger charge is -2.52. The predicted octanol–water partition coefficient (Wildman–Crippen LogP) is 4.64. The van der Waals surface area contributed by atoms with E-state index in [1.54, 1.807) is 0 Å². The third kappa shape index (κ3) is 3.27. The van der Waals surface area contributed by atoms with Gasteiger partial charge in [-0.1, -0.05) is 91.8 Å². The number of carbonyl (C=O) groups is 1. The number of hydrogen-bond acceptors (Lipinski definition) is 2. The maximum Gasteiger partial charge on any atom is 0.311 e. The van der Waals surface area contributed by atoms with Gasteiger partial charge in [0.1, 0.15) is 8.07 Å². The van der Waals surface area contributed by atoms with Crippen LogP contribution in [0.5, 0.6) is 0 Å².